The van der Waals surface area contributed by atoms with Gasteiger partial charge in [-0.05, 0) is 29.7 Å². The van der Waals surface area contributed by atoms with Crippen molar-refractivity contribution in [3.63, 3.8) is 0 Å². The van der Waals surface area contributed by atoms with Crippen LogP contribution in [0.4, 0.5) is 13.2 Å². The number of carbonyl (C=O) groups is 1. The molecule has 0 aliphatic carbocycles. The zero-order valence-electron chi connectivity index (χ0n) is 15.1. The van der Waals surface area contributed by atoms with Crippen LogP contribution in [0.15, 0.2) is 27.8 Å². The van der Waals surface area contributed by atoms with Crippen LogP contribution < -0.4 is 16.0 Å². The number of hydrogen-bond acceptors (Lipinski definition) is 7. The number of aromatic nitrogens is 3. The van der Waals surface area contributed by atoms with E-state index < -0.39 is 34.8 Å². The zero-order chi connectivity index (χ0) is 21.5. The van der Waals surface area contributed by atoms with E-state index in [0.29, 0.717) is 20.3 Å². The highest BCUT2D eigenvalue weighted by molar-refractivity contribution is 7.13. The first-order valence-electron chi connectivity index (χ1n) is 8.17. The number of nitrogens with zero attached hydrogens (tertiary/aromatic N) is 3. The monoisotopic (exact) mass is 429 g/mol. The van der Waals surface area contributed by atoms with Crippen molar-refractivity contribution in [3.8, 4) is 11.4 Å². The normalized spacial score (nSPS) is 11.8. The molecule has 2 heterocycles. The molecule has 1 N–H and O–H groups in total. The maximum Gasteiger partial charge on any atom is 0.435 e. The first kappa shape index (κ1) is 20.7. The van der Waals surface area contributed by atoms with Crippen LogP contribution in [0, 0.1) is 0 Å². The quantitative estimate of drug-likeness (QED) is 0.633. The van der Waals surface area contributed by atoms with Crippen molar-refractivity contribution in [1.29, 1.82) is 0 Å². The number of rotatable bonds is 4. The van der Waals surface area contributed by atoms with Gasteiger partial charge in [0.15, 0.2) is 5.69 Å². The predicted molar refractivity (Wildman–Crippen MR) is 97.6 cm³/mol. The van der Waals surface area contributed by atoms with Gasteiger partial charge in [0.1, 0.15) is 0 Å². The topological polar surface area (TPSA) is 103 Å². The minimum atomic E-state index is -5.10. The number of aliphatic hydroxyl groups excluding tert-OH is 1. The third-order valence-electron chi connectivity index (χ3n) is 4.08. The number of aliphatic hydroxyl groups is 1. The van der Waals surface area contributed by atoms with E-state index >= 15 is 0 Å². The fourth-order valence-electron chi connectivity index (χ4n) is 2.87. The Balaban J connectivity index is 2.36. The van der Waals surface area contributed by atoms with E-state index in [0.717, 1.165) is 25.5 Å². The van der Waals surface area contributed by atoms with E-state index in [1.54, 1.807) is 6.07 Å². The minimum Gasteiger partial charge on any atom is -0.418 e. The van der Waals surface area contributed by atoms with Gasteiger partial charge in [-0.1, -0.05) is 0 Å². The van der Waals surface area contributed by atoms with Crippen LogP contribution >= 0.6 is 11.5 Å². The van der Waals surface area contributed by atoms with E-state index in [9.17, 15) is 27.6 Å². The average Bonchev–Trinajstić information content (AvgIpc) is 3.01. The van der Waals surface area contributed by atoms with Gasteiger partial charge in [-0.15, -0.1) is 0 Å². The van der Waals surface area contributed by atoms with Gasteiger partial charge in [-0.25, -0.2) is 9.36 Å². The molecule has 0 bridgehead atoms. The van der Waals surface area contributed by atoms with Crippen LogP contribution in [-0.4, -0.2) is 31.2 Å². The molecule has 3 rings (SSSR count). The zero-order valence-corrected chi connectivity index (χ0v) is 15.9. The van der Waals surface area contributed by atoms with Crippen molar-refractivity contribution in [2.24, 2.45) is 7.05 Å². The lowest BCUT2D eigenvalue weighted by atomic mass is 10.1. The second-order valence-corrected chi connectivity index (χ2v) is 6.84. The van der Waals surface area contributed by atoms with Crippen molar-refractivity contribution in [3.05, 3.63) is 50.4 Å². The molecule has 8 nitrogen and oxygen atoms in total. The Morgan fingerprint density at radius 2 is 2.00 bits per heavy atom. The number of benzene rings is 1. The fourth-order valence-corrected chi connectivity index (χ4v) is 3.67. The van der Waals surface area contributed by atoms with Gasteiger partial charge in [-0.3, -0.25) is 14.2 Å². The highest BCUT2D eigenvalue weighted by Gasteiger charge is 2.41. The summed E-state index contributed by atoms with van der Waals surface area (Å²) in [5.41, 5.74) is -3.83. The van der Waals surface area contributed by atoms with Crippen molar-refractivity contribution >= 4 is 27.6 Å². The Morgan fingerprint density at radius 3 is 2.59 bits per heavy atom. The van der Waals surface area contributed by atoms with E-state index in [-0.39, 0.29) is 23.3 Å². The van der Waals surface area contributed by atoms with Crippen LogP contribution in [0.5, 0.6) is 5.75 Å². The number of hydrogen-bond donors (Lipinski definition) is 1. The number of carbonyl (C=O) groups excluding carboxylic acids is 1. The Bertz CT molecular complexity index is 1230. The van der Waals surface area contributed by atoms with E-state index in [4.69, 9.17) is 5.11 Å². The first-order chi connectivity index (χ1) is 13.6. The van der Waals surface area contributed by atoms with Gasteiger partial charge >= 0.3 is 23.4 Å². The second kappa shape index (κ2) is 7.44. The summed E-state index contributed by atoms with van der Waals surface area (Å²) in [5, 5.41) is 9.68. The number of ether oxygens (including phenoxy) is 1. The molecule has 0 saturated heterocycles. The molecule has 0 atom stereocenters. The molecule has 12 heteroatoms. The Morgan fingerprint density at radius 1 is 1.31 bits per heavy atom. The molecule has 0 unspecified atom stereocenters. The molecule has 0 aliphatic heterocycles. The highest BCUT2D eigenvalue weighted by atomic mass is 32.1. The SMILES string of the molecule is CC(=O)Oc1c(C(F)(F)F)n(C)c(=O)n(-c2ccc3snc(CCO)c3c2)c1=O. The smallest absolute Gasteiger partial charge is 0.418 e. The van der Waals surface area contributed by atoms with Crippen LogP contribution in [0.1, 0.15) is 18.3 Å². The van der Waals surface area contributed by atoms with Gasteiger partial charge in [0.25, 0.3) is 0 Å². The average molecular weight is 429 g/mol. The largest absolute Gasteiger partial charge is 0.435 e. The second-order valence-electron chi connectivity index (χ2n) is 6.03. The van der Waals surface area contributed by atoms with E-state index in [1.807, 2.05) is 0 Å². The maximum absolute atomic E-state index is 13.4. The van der Waals surface area contributed by atoms with Crippen LogP contribution in [-0.2, 0) is 24.4 Å². The van der Waals surface area contributed by atoms with E-state index in [2.05, 4.69) is 9.11 Å². The standard InChI is InChI=1S/C17H14F3N3O5S/c1-8(25)28-13-14(17(18,19)20)22(2)16(27)23(15(13)26)9-3-4-12-10(7-9)11(5-6-24)21-29-12/h3-4,7,24H,5-6H2,1-2H3. The lowest BCUT2D eigenvalue weighted by Crippen LogP contribution is -2.42. The Kier molecular flexibility index (Phi) is 5.32. The summed E-state index contributed by atoms with van der Waals surface area (Å²) in [6.07, 6.45) is -4.88. The maximum atomic E-state index is 13.4. The van der Waals surface area contributed by atoms with Gasteiger partial charge in [-0.2, -0.15) is 17.5 Å². The summed E-state index contributed by atoms with van der Waals surface area (Å²) in [4.78, 5) is 36.7. The number of esters is 1. The summed E-state index contributed by atoms with van der Waals surface area (Å²) in [5.74, 6) is -2.42. The molecule has 2 aromatic heterocycles. The fraction of sp³-hybridized carbons (Fsp3) is 0.294. The molecule has 0 fully saturated rings. The number of halogens is 3. The van der Waals surface area contributed by atoms with Crippen molar-refractivity contribution < 1.29 is 27.8 Å². The molecule has 0 amide bonds. The summed E-state index contributed by atoms with van der Waals surface area (Å²) < 4.78 is 50.4. The van der Waals surface area contributed by atoms with Crippen LogP contribution in [0.2, 0.25) is 0 Å². The van der Waals surface area contributed by atoms with Crippen LogP contribution in [0.3, 0.4) is 0 Å². The van der Waals surface area contributed by atoms with Gasteiger partial charge in [0.2, 0.25) is 5.75 Å². The third-order valence-corrected chi connectivity index (χ3v) is 4.94. The molecule has 1 aromatic carbocycles. The summed E-state index contributed by atoms with van der Waals surface area (Å²) in [6, 6.07) is 4.34. The Labute approximate surface area is 164 Å². The molecule has 0 saturated carbocycles. The third kappa shape index (κ3) is 3.68. The van der Waals surface area contributed by atoms with Gasteiger partial charge in [0, 0.05) is 32.4 Å². The molecule has 29 heavy (non-hydrogen) atoms. The summed E-state index contributed by atoms with van der Waals surface area (Å²) in [7, 11) is 0.829. The lowest BCUT2D eigenvalue weighted by molar-refractivity contribution is -0.147. The van der Waals surface area contributed by atoms with Crippen molar-refractivity contribution in [1.82, 2.24) is 13.5 Å². The van der Waals surface area contributed by atoms with Crippen molar-refractivity contribution in [2.75, 3.05) is 6.61 Å². The Hall–Kier alpha value is -2.99. The first-order valence-corrected chi connectivity index (χ1v) is 8.94. The highest BCUT2D eigenvalue weighted by Crippen LogP contribution is 2.33. The summed E-state index contributed by atoms with van der Waals surface area (Å²) in [6.45, 7) is 0.668. The molecule has 0 radical (unpaired) electrons. The van der Waals surface area contributed by atoms with Crippen LogP contribution in [0.25, 0.3) is 15.8 Å². The molecule has 154 valence electrons. The molecule has 0 spiro atoms. The van der Waals surface area contributed by atoms with Gasteiger partial charge in [0.05, 0.1) is 16.1 Å². The minimum absolute atomic E-state index is 0.0235. The summed E-state index contributed by atoms with van der Waals surface area (Å²) >= 11 is 1.14. The van der Waals surface area contributed by atoms with Gasteiger partial charge < -0.3 is 9.84 Å². The number of fused-ring (bicyclic) bond motifs is 1. The predicted octanol–water partition coefficient (Wildman–Crippen LogP) is 1.62. The molecule has 0 aliphatic rings. The van der Waals surface area contributed by atoms with E-state index in [1.165, 1.54) is 12.1 Å². The number of alkyl halides is 3. The molecule has 3 aromatic rings. The molecular weight excluding hydrogens is 415 g/mol. The van der Waals surface area contributed by atoms with Crippen molar-refractivity contribution in [2.45, 2.75) is 19.5 Å². The molecular formula is C17H14F3N3O5S. The lowest BCUT2D eigenvalue weighted by Gasteiger charge is -2.17.